The van der Waals surface area contributed by atoms with Crippen molar-refractivity contribution >= 4 is 11.6 Å². The minimum atomic E-state index is 0.217. The van der Waals surface area contributed by atoms with Crippen molar-refractivity contribution in [3.8, 4) is 0 Å². The van der Waals surface area contributed by atoms with E-state index in [0.29, 0.717) is 0 Å². The second kappa shape index (κ2) is 8.26. The van der Waals surface area contributed by atoms with Crippen LogP contribution in [-0.4, -0.2) is 46.2 Å². The zero-order valence-electron chi connectivity index (χ0n) is 15.6. The van der Waals surface area contributed by atoms with Gasteiger partial charge in [0, 0.05) is 43.9 Å². The third-order valence-electron chi connectivity index (χ3n) is 5.30. The van der Waals surface area contributed by atoms with Crippen molar-refractivity contribution in [2.45, 2.75) is 19.5 Å². The number of benzene rings is 2. The van der Waals surface area contributed by atoms with Crippen LogP contribution in [-0.2, 0) is 6.54 Å². The minimum Gasteiger partial charge on any atom is -0.296 e. The SMILES string of the molecule is Cc1cccc(C(c2ccn[nH]2)N2CCN(Cc3ccccc3Cl)CC2)c1. The highest BCUT2D eigenvalue weighted by Gasteiger charge is 2.27. The smallest absolute Gasteiger partial charge is 0.0771 e. The first-order chi connectivity index (χ1) is 13.2. The Morgan fingerprint density at radius 2 is 1.85 bits per heavy atom. The molecule has 0 amide bonds. The molecule has 2 heterocycles. The fourth-order valence-electron chi connectivity index (χ4n) is 3.89. The predicted molar refractivity (Wildman–Crippen MR) is 110 cm³/mol. The molecule has 2 aromatic carbocycles. The van der Waals surface area contributed by atoms with Crippen molar-refractivity contribution in [1.29, 1.82) is 0 Å². The highest BCUT2D eigenvalue weighted by atomic mass is 35.5. The van der Waals surface area contributed by atoms with E-state index in [9.17, 15) is 0 Å². The topological polar surface area (TPSA) is 35.2 Å². The third kappa shape index (κ3) is 4.24. The van der Waals surface area contributed by atoms with E-state index in [2.05, 4.69) is 69.4 Å². The van der Waals surface area contributed by atoms with Crippen LogP contribution in [0, 0.1) is 6.92 Å². The second-order valence-electron chi connectivity index (χ2n) is 7.23. The molecule has 140 valence electrons. The molecular formula is C22H25ClN4. The molecule has 0 bridgehead atoms. The molecule has 4 rings (SSSR count). The summed E-state index contributed by atoms with van der Waals surface area (Å²) in [5.41, 5.74) is 4.96. The lowest BCUT2D eigenvalue weighted by molar-refractivity contribution is 0.103. The molecule has 0 radical (unpaired) electrons. The van der Waals surface area contributed by atoms with E-state index >= 15 is 0 Å². The summed E-state index contributed by atoms with van der Waals surface area (Å²) in [5.74, 6) is 0. The van der Waals surface area contributed by atoms with Crippen molar-refractivity contribution in [3.63, 3.8) is 0 Å². The molecule has 0 aliphatic carbocycles. The maximum atomic E-state index is 6.34. The number of aromatic amines is 1. The lowest BCUT2D eigenvalue weighted by Crippen LogP contribution is -2.47. The van der Waals surface area contributed by atoms with E-state index < -0.39 is 0 Å². The summed E-state index contributed by atoms with van der Waals surface area (Å²) in [4.78, 5) is 5.03. The largest absolute Gasteiger partial charge is 0.296 e. The molecule has 1 fully saturated rings. The Hall–Kier alpha value is -2.14. The van der Waals surface area contributed by atoms with Crippen LogP contribution in [0.4, 0.5) is 0 Å². The minimum absolute atomic E-state index is 0.217. The zero-order chi connectivity index (χ0) is 18.6. The van der Waals surface area contributed by atoms with Crippen LogP contribution in [0.5, 0.6) is 0 Å². The van der Waals surface area contributed by atoms with Gasteiger partial charge in [-0.3, -0.25) is 14.9 Å². The maximum absolute atomic E-state index is 6.34. The van der Waals surface area contributed by atoms with Gasteiger partial charge in [0.2, 0.25) is 0 Å². The van der Waals surface area contributed by atoms with E-state index in [-0.39, 0.29) is 6.04 Å². The molecule has 1 aliphatic heterocycles. The van der Waals surface area contributed by atoms with Crippen LogP contribution >= 0.6 is 11.6 Å². The Kier molecular flexibility index (Phi) is 5.58. The fraction of sp³-hybridized carbons (Fsp3) is 0.318. The molecule has 27 heavy (non-hydrogen) atoms. The first-order valence-corrected chi connectivity index (χ1v) is 9.84. The van der Waals surface area contributed by atoms with Crippen LogP contribution in [0.25, 0.3) is 0 Å². The number of hydrogen-bond acceptors (Lipinski definition) is 3. The summed E-state index contributed by atoms with van der Waals surface area (Å²) in [6, 6.07) is 19.2. The average Bonchev–Trinajstić information content (AvgIpc) is 3.20. The molecule has 0 saturated carbocycles. The van der Waals surface area contributed by atoms with Gasteiger partial charge in [0.1, 0.15) is 0 Å². The van der Waals surface area contributed by atoms with Crippen LogP contribution in [0.15, 0.2) is 60.8 Å². The number of piperazine rings is 1. The molecule has 3 aromatic rings. The molecule has 1 aliphatic rings. The average molecular weight is 381 g/mol. The summed E-state index contributed by atoms with van der Waals surface area (Å²) >= 11 is 6.34. The molecule has 1 unspecified atom stereocenters. The standard InChI is InChI=1S/C22H25ClN4/c1-17-5-4-7-18(15-17)22(21-9-10-24-25-21)27-13-11-26(12-14-27)16-19-6-2-3-8-20(19)23/h2-10,15,22H,11-14,16H2,1H3,(H,24,25). The monoisotopic (exact) mass is 380 g/mol. The highest BCUT2D eigenvalue weighted by molar-refractivity contribution is 6.31. The van der Waals surface area contributed by atoms with E-state index in [0.717, 1.165) is 43.4 Å². The van der Waals surface area contributed by atoms with Gasteiger partial charge in [-0.2, -0.15) is 5.10 Å². The number of H-pyrrole nitrogens is 1. The van der Waals surface area contributed by atoms with Crippen LogP contribution in [0.3, 0.4) is 0 Å². The number of hydrogen-bond donors (Lipinski definition) is 1. The van der Waals surface area contributed by atoms with Crippen molar-refractivity contribution in [3.05, 3.63) is 88.2 Å². The Morgan fingerprint density at radius 1 is 1.04 bits per heavy atom. The van der Waals surface area contributed by atoms with Crippen molar-refractivity contribution in [2.24, 2.45) is 0 Å². The highest BCUT2D eigenvalue weighted by Crippen LogP contribution is 2.29. The Bertz CT molecular complexity index is 870. The van der Waals surface area contributed by atoms with Crippen molar-refractivity contribution in [2.75, 3.05) is 26.2 Å². The van der Waals surface area contributed by atoms with Crippen LogP contribution < -0.4 is 0 Å². The summed E-state index contributed by atoms with van der Waals surface area (Å²) in [6.07, 6.45) is 1.84. The number of rotatable bonds is 5. The molecule has 1 N–H and O–H groups in total. The van der Waals surface area contributed by atoms with E-state index in [1.807, 2.05) is 18.3 Å². The van der Waals surface area contributed by atoms with Gasteiger partial charge in [0.25, 0.3) is 0 Å². The molecule has 5 heteroatoms. The number of aryl methyl sites for hydroxylation is 1. The molecule has 4 nitrogen and oxygen atoms in total. The molecular weight excluding hydrogens is 356 g/mol. The number of halogens is 1. The van der Waals surface area contributed by atoms with Crippen molar-refractivity contribution in [1.82, 2.24) is 20.0 Å². The molecule has 0 spiro atoms. The molecule has 1 atom stereocenters. The lowest BCUT2D eigenvalue weighted by Gasteiger charge is -2.39. The Morgan fingerprint density at radius 3 is 2.56 bits per heavy atom. The summed E-state index contributed by atoms with van der Waals surface area (Å²) in [7, 11) is 0. The predicted octanol–water partition coefficient (Wildman–Crippen LogP) is 4.28. The van der Waals surface area contributed by atoms with Gasteiger partial charge in [0.05, 0.1) is 11.7 Å². The van der Waals surface area contributed by atoms with Gasteiger partial charge < -0.3 is 0 Å². The normalized spacial score (nSPS) is 17.1. The Labute approximate surface area is 165 Å². The number of nitrogens with one attached hydrogen (secondary N) is 1. The third-order valence-corrected chi connectivity index (χ3v) is 5.67. The summed E-state index contributed by atoms with van der Waals surface area (Å²) in [6.45, 7) is 7.15. The number of nitrogens with zero attached hydrogens (tertiary/aromatic N) is 3. The lowest BCUT2D eigenvalue weighted by atomic mass is 9.99. The van der Waals surface area contributed by atoms with E-state index in [4.69, 9.17) is 11.6 Å². The second-order valence-corrected chi connectivity index (χ2v) is 7.64. The van der Waals surface area contributed by atoms with Gasteiger partial charge in [0.15, 0.2) is 0 Å². The number of aromatic nitrogens is 2. The van der Waals surface area contributed by atoms with Crippen LogP contribution in [0.2, 0.25) is 5.02 Å². The van der Waals surface area contributed by atoms with Gasteiger partial charge in [-0.15, -0.1) is 0 Å². The first-order valence-electron chi connectivity index (χ1n) is 9.46. The fourth-order valence-corrected chi connectivity index (χ4v) is 4.09. The Balaban J connectivity index is 1.48. The van der Waals surface area contributed by atoms with Gasteiger partial charge in [-0.25, -0.2) is 0 Å². The van der Waals surface area contributed by atoms with Gasteiger partial charge in [-0.1, -0.05) is 59.6 Å². The quantitative estimate of drug-likeness (QED) is 0.717. The van der Waals surface area contributed by atoms with E-state index in [1.165, 1.54) is 16.7 Å². The summed E-state index contributed by atoms with van der Waals surface area (Å²) in [5, 5.41) is 8.23. The summed E-state index contributed by atoms with van der Waals surface area (Å²) < 4.78 is 0. The van der Waals surface area contributed by atoms with Gasteiger partial charge in [-0.05, 0) is 30.2 Å². The van der Waals surface area contributed by atoms with Crippen molar-refractivity contribution < 1.29 is 0 Å². The van der Waals surface area contributed by atoms with Gasteiger partial charge >= 0.3 is 0 Å². The first kappa shape index (κ1) is 18.2. The van der Waals surface area contributed by atoms with E-state index in [1.54, 1.807) is 0 Å². The maximum Gasteiger partial charge on any atom is 0.0771 e. The van der Waals surface area contributed by atoms with Crippen LogP contribution in [0.1, 0.15) is 28.4 Å². The molecule has 1 aromatic heterocycles. The molecule has 1 saturated heterocycles. The zero-order valence-corrected chi connectivity index (χ0v) is 16.4.